The Balaban J connectivity index is 2.73. The molecule has 0 radical (unpaired) electrons. The van der Waals surface area contributed by atoms with E-state index in [4.69, 9.17) is 0 Å². The molecule has 0 bridgehead atoms. The standard InChI is InChI=1S/C8H11NOS/c1-3-4-7-5-11-8(9-7)6(2)10/h5H,3-4H2,1-2H3. The molecule has 1 aromatic rings. The molecule has 0 aliphatic rings. The van der Waals surface area contributed by atoms with Crippen molar-refractivity contribution >= 4 is 17.1 Å². The van der Waals surface area contributed by atoms with Crippen LogP contribution >= 0.6 is 11.3 Å². The molecule has 0 unspecified atom stereocenters. The minimum Gasteiger partial charge on any atom is -0.292 e. The number of Topliss-reactive ketones (excluding diaryl/α,β-unsaturated/α-hetero) is 1. The van der Waals surface area contributed by atoms with Crippen molar-refractivity contribution in [1.82, 2.24) is 4.98 Å². The van der Waals surface area contributed by atoms with Crippen molar-refractivity contribution in [3.05, 3.63) is 16.1 Å². The van der Waals surface area contributed by atoms with Gasteiger partial charge in [-0.2, -0.15) is 0 Å². The van der Waals surface area contributed by atoms with Crippen LogP contribution in [0.15, 0.2) is 5.38 Å². The minimum absolute atomic E-state index is 0.0670. The fraction of sp³-hybridized carbons (Fsp3) is 0.500. The van der Waals surface area contributed by atoms with Crippen LogP contribution in [-0.4, -0.2) is 10.8 Å². The monoisotopic (exact) mass is 169 g/mol. The molecule has 0 aliphatic carbocycles. The summed E-state index contributed by atoms with van der Waals surface area (Å²) in [5.74, 6) is 0.0670. The second-order valence-corrected chi connectivity index (χ2v) is 3.31. The molecule has 0 N–H and O–H groups in total. The van der Waals surface area contributed by atoms with Gasteiger partial charge in [0.05, 0.1) is 5.69 Å². The quantitative estimate of drug-likeness (QED) is 0.650. The lowest BCUT2D eigenvalue weighted by atomic mass is 10.3. The maximum absolute atomic E-state index is 10.8. The zero-order chi connectivity index (χ0) is 8.27. The Labute approximate surface area is 70.3 Å². The SMILES string of the molecule is CCCc1csc(C(C)=O)n1. The van der Waals surface area contributed by atoms with Crippen molar-refractivity contribution in [2.45, 2.75) is 26.7 Å². The highest BCUT2D eigenvalue weighted by molar-refractivity contribution is 7.11. The van der Waals surface area contributed by atoms with Crippen LogP contribution in [0.3, 0.4) is 0 Å². The van der Waals surface area contributed by atoms with Gasteiger partial charge in [-0.3, -0.25) is 4.79 Å². The third-order valence-corrected chi connectivity index (χ3v) is 2.35. The number of hydrogen-bond acceptors (Lipinski definition) is 3. The molecule has 0 amide bonds. The first kappa shape index (κ1) is 8.40. The van der Waals surface area contributed by atoms with Crippen LogP contribution in [0.5, 0.6) is 0 Å². The minimum atomic E-state index is 0.0670. The summed E-state index contributed by atoms with van der Waals surface area (Å²) in [5.41, 5.74) is 1.04. The lowest BCUT2D eigenvalue weighted by Gasteiger charge is -1.87. The highest BCUT2D eigenvalue weighted by Crippen LogP contribution is 2.11. The zero-order valence-electron chi connectivity index (χ0n) is 6.76. The van der Waals surface area contributed by atoms with E-state index in [0.29, 0.717) is 5.01 Å². The summed E-state index contributed by atoms with van der Waals surface area (Å²) in [6.07, 6.45) is 2.06. The summed E-state index contributed by atoms with van der Waals surface area (Å²) in [7, 11) is 0. The van der Waals surface area contributed by atoms with E-state index in [-0.39, 0.29) is 5.78 Å². The number of thiazole rings is 1. The van der Waals surface area contributed by atoms with Crippen molar-refractivity contribution < 1.29 is 4.79 Å². The molecule has 0 fully saturated rings. The van der Waals surface area contributed by atoms with E-state index in [1.165, 1.54) is 11.3 Å². The molecular weight excluding hydrogens is 158 g/mol. The maximum Gasteiger partial charge on any atom is 0.188 e. The van der Waals surface area contributed by atoms with Gasteiger partial charge in [0.25, 0.3) is 0 Å². The number of nitrogens with zero attached hydrogens (tertiary/aromatic N) is 1. The maximum atomic E-state index is 10.8. The summed E-state index contributed by atoms with van der Waals surface area (Å²) >= 11 is 1.44. The first-order valence-electron chi connectivity index (χ1n) is 3.69. The van der Waals surface area contributed by atoms with Crippen LogP contribution in [-0.2, 0) is 6.42 Å². The summed E-state index contributed by atoms with van der Waals surface area (Å²) in [4.78, 5) is 15.0. The predicted molar refractivity (Wildman–Crippen MR) is 46.1 cm³/mol. The Bertz CT molecular complexity index is 254. The van der Waals surface area contributed by atoms with Gasteiger partial charge in [0.2, 0.25) is 0 Å². The first-order chi connectivity index (χ1) is 5.24. The Morgan fingerprint density at radius 3 is 2.91 bits per heavy atom. The summed E-state index contributed by atoms with van der Waals surface area (Å²) in [5, 5.41) is 2.59. The van der Waals surface area contributed by atoms with Gasteiger partial charge in [0.15, 0.2) is 10.8 Å². The van der Waals surface area contributed by atoms with Crippen LogP contribution in [0, 0.1) is 0 Å². The van der Waals surface area contributed by atoms with E-state index in [9.17, 15) is 4.79 Å². The normalized spacial score (nSPS) is 10.0. The number of hydrogen-bond donors (Lipinski definition) is 0. The molecule has 2 nitrogen and oxygen atoms in total. The molecule has 1 aromatic heterocycles. The van der Waals surface area contributed by atoms with Crippen LogP contribution in [0.1, 0.15) is 35.8 Å². The molecule has 0 saturated carbocycles. The third kappa shape index (κ3) is 2.12. The summed E-state index contributed by atoms with van der Waals surface area (Å²) in [6.45, 7) is 3.65. The number of aromatic nitrogens is 1. The van der Waals surface area contributed by atoms with Gasteiger partial charge < -0.3 is 0 Å². The van der Waals surface area contributed by atoms with Gasteiger partial charge >= 0.3 is 0 Å². The van der Waals surface area contributed by atoms with Crippen LogP contribution in [0.2, 0.25) is 0 Å². The van der Waals surface area contributed by atoms with Gasteiger partial charge in [-0.15, -0.1) is 11.3 Å². The molecule has 0 aliphatic heterocycles. The highest BCUT2D eigenvalue weighted by Gasteiger charge is 2.04. The average molecular weight is 169 g/mol. The molecule has 3 heteroatoms. The van der Waals surface area contributed by atoms with Gasteiger partial charge in [-0.1, -0.05) is 13.3 Å². The number of carbonyl (C=O) groups is 1. The fourth-order valence-corrected chi connectivity index (χ4v) is 1.59. The summed E-state index contributed by atoms with van der Waals surface area (Å²) < 4.78 is 0. The first-order valence-corrected chi connectivity index (χ1v) is 4.57. The van der Waals surface area contributed by atoms with Crippen molar-refractivity contribution in [3.63, 3.8) is 0 Å². The van der Waals surface area contributed by atoms with E-state index in [0.717, 1.165) is 18.5 Å². The number of rotatable bonds is 3. The molecule has 60 valence electrons. The van der Waals surface area contributed by atoms with E-state index in [1.54, 1.807) is 6.92 Å². The number of ketones is 1. The Kier molecular flexibility index (Phi) is 2.76. The Morgan fingerprint density at radius 2 is 2.45 bits per heavy atom. The molecule has 0 atom stereocenters. The zero-order valence-corrected chi connectivity index (χ0v) is 7.57. The van der Waals surface area contributed by atoms with E-state index < -0.39 is 0 Å². The molecule has 1 rings (SSSR count). The third-order valence-electron chi connectivity index (χ3n) is 1.36. The molecule has 11 heavy (non-hydrogen) atoms. The second kappa shape index (κ2) is 3.62. The Morgan fingerprint density at radius 1 is 1.73 bits per heavy atom. The van der Waals surface area contributed by atoms with Crippen molar-refractivity contribution in [2.24, 2.45) is 0 Å². The van der Waals surface area contributed by atoms with Gasteiger partial charge in [-0.25, -0.2) is 4.98 Å². The van der Waals surface area contributed by atoms with E-state index in [2.05, 4.69) is 11.9 Å². The summed E-state index contributed by atoms with van der Waals surface area (Å²) in [6, 6.07) is 0. The van der Waals surface area contributed by atoms with Crippen LogP contribution in [0.25, 0.3) is 0 Å². The lowest BCUT2D eigenvalue weighted by molar-refractivity contribution is 0.101. The van der Waals surface area contributed by atoms with Gasteiger partial charge in [0, 0.05) is 12.3 Å². The van der Waals surface area contributed by atoms with Gasteiger partial charge in [0.1, 0.15) is 0 Å². The smallest absolute Gasteiger partial charge is 0.188 e. The lowest BCUT2D eigenvalue weighted by Crippen LogP contribution is -1.91. The topological polar surface area (TPSA) is 30.0 Å². The van der Waals surface area contributed by atoms with Gasteiger partial charge in [-0.05, 0) is 6.42 Å². The number of aryl methyl sites for hydroxylation is 1. The molecular formula is C8H11NOS. The average Bonchev–Trinajstić information content (AvgIpc) is 2.37. The van der Waals surface area contributed by atoms with Crippen LogP contribution in [0.4, 0.5) is 0 Å². The number of carbonyl (C=O) groups excluding carboxylic acids is 1. The molecule has 1 heterocycles. The van der Waals surface area contributed by atoms with Crippen molar-refractivity contribution in [2.75, 3.05) is 0 Å². The van der Waals surface area contributed by atoms with Crippen molar-refractivity contribution in [3.8, 4) is 0 Å². The largest absolute Gasteiger partial charge is 0.292 e. The second-order valence-electron chi connectivity index (χ2n) is 2.45. The fourth-order valence-electron chi connectivity index (χ4n) is 0.840. The molecule has 0 spiro atoms. The Hall–Kier alpha value is -0.700. The van der Waals surface area contributed by atoms with E-state index in [1.807, 2.05) is 5.38 Å². The van der Waals surface area contributed by atoms with Crippen molar-refractivity contribution in [1.29, 1.82) is 0 Å². The predicted octanol–water partition coefficient (Wildman–Crippen LogP) is 2.30. The van der Waals surface area contributed by atoms with Crippen LogP contribution < -0.4 is 0 Å². The molecule has 0 saturated heterocycles. The van der Waals surface area contributed by atoms with E-state index >= 15 is 0 Å². The highest BCUT2D eigenvalue weighted by atomic mass is 32.1. The molecule has 0 aromatic carbocycles.